The molecular formula is C12H4Cl4O4S4. The van der Waals surface area contributed by atoms with Crippen molar-refractivity contribution in [2.75, 3.05) is 0 Å². The van der Waals surface area contributed by atoms with E-state index in [1.54, 1.807) is 0 Å². The van der Waals surface area contributed by atoms with Crippen molar-refractivity contribution < 1.29 is 16.8 Å². The summed E-state index contributed by atoms with van der Waals surface area (Å²) < 4.78 is 46.3. The summed E-state index contributed by atoms with van der Waals surface area (Å²) in [5.74, 6) is 0. The van der Waals surface area contributed by atoms with Crippen molar-refractivity contribution in [2.24, 2.45) is 0 Å². The highest BCUT2D eigenvalue weighted by atomic mass is 35.7. The normalized spacial score (nSPS) is 14.2. The van der Waals surface area contributed by atoms with Crippen molar-refractivity contribution >= 4 is 86.2 Å². The van der Waals surface area contributed by atoms with Crippen molar-refractivity contribution in [3.05, 3.63) is 34.3 Å². The Morgan fingerprint density at radius 1 is 0.625 bits per heavy atom. The van der Waals surface area contributed by atoms with Crippen LogP contribution in [-0.2, 0) is 18.1 Å². The Labute approximate surface area is 165 Å². The molecule has 0 saturated carbocycles. The van der Waals surface area contributed by atoms with Crippen molar-refractivity contribution in [3.63, 3.8) is 0 Å². The topological polar surface area (TPSA) is 68.3 Å². The van der Waals surface area contributed by atoms with Crippen LogP contribution in [-0.4, -0.2) is 16.8 Å². The third kappa shape index (κ3) is 3.66. The van der Waals surface area contributed by atoms with Gasteiger partial charge in [0.05, 0.1) is 10.0 Å². The Morgan fingerprint density at radius 3 is 1.21 bits per heavy atom. The molecule has 0 radical (unpaired) electrons. The van der Waals surface area contributed by atoms with Crippen LogP contribution in [0.25, 0.3) is 0 Å². The van der Waals surface area contributed by atoms with Crippen LogP contribution < -0.4 is 0 Å². The number of hydrogen-bond acceptors (Lipinski definition) is 6. The highest BCUT2D eigenvalue weighted by molar-refractivity contribution is 8.14. The Morgan fingerprint density at radius 2 is 0.917 bits per heavy atom. The fourth-order valence-corrected chi connectivity index (χ4v) is 7.60. The Hall–Kier alpha value is 0.200. The van der Waals surface area contributed by atoms with E-state index in [0.717, 1.165) is 0 Å². The molecule has 0 saturated heterocycles. The average molecular weight is 482 g/mol. The lowest BCUT2D eigenvalue weighted by atomic mass is 10.3. The second-order valence-electron chi connectivity index (χ2n) is 4.54. The van der Waals surface area contributed by atoms with Crippen LogP contribution in [0, 0.1) is 0 Å². The quantitative estimate of drug-likeness (QED) is 0.452. The molecule has 0 aliphatic carbocycles. The third-order valence-electron chi connectivity index (χ3n) is 2.96. The van der Waals surface area contributed by atoms with E-state index in [9.17, 15) is 16.8 Å². The highest BCUT2D eigenvalue weighted by Gasteiger charge is 2.26. The largest absolute Gasteiger partial charge is 0.262 e. The third-order valence-corrected chi connectivity index (χ3v) is 9.02. The van der Waals surface area contributed by atoms with Crippen molar-refractivity contribution in [3.8, 4) is 0 Å². The lowest BCUT2D eigenvalue weighted by molar-refractivity contribution is 0.607. The molecule has 0 unspecified atom stereocenters. The lowest BCUT2D eigenvalue weighted by Crippen LogP contribution is -1.98. The van der Waals surface area contributed by atoms with Gasteiger partial charge in [0.25, 0.3) is 18.1 Å². The molecule has 128 valence electrons. The van der Waals surface area contributed by atoms with Crippen LogP contribution in [0.3, 0.4) is 0 Å². The minimum absolute atomic E-state index is 0.00588. The maximum Gasteiger partial charge on any atom is 0.262 e. The maximum atomic E-state index is 11.6. The van der Waals surface area contributed by atoms with Gasteiger partial charge in [-0.1, -0.05) is 46.7 Å². The first-order valence-electron chi connectivity index (χ1n) is 5.89. The van der Waals surface area contributed by atoms with E-state index in [4.69, 9.17) is 44.6 Å². The van der Waals surface area contributed by atoms with Crippen LogP contribution in [0.5, 0.6) is 0 Å². The summed E-state index contributed by atoms with van der Waals surface area (Å²) in [7, 11) is 2.73. The van der Waals surface area contributed by atoms with Crippen LogP contribution in [0.15, 0.2) is 53.6 Å². The fourth-order valence-electron chi connectivity index (χ4n) is 1.96. The van der Waals surface area contributed by atoms with Crippen LogP contribution >= 0.6 is 68.1 Å². The molecular weight excluding hydrogens is 478 g/mol. The van der Waals surface area contributed by atoms with E-state index >= 15 is 0 Å². The Bertz CT molecular complexity index is 995. The Balaban J connectivity index is 2.16. The SMILES string of the molecule is O=S(=O)(Cl)c1cc2c(cc1Cl)Sc1cc(Cl)c(S(=O)(=O)Cl)cc1S2. The van der Waals surface area contributed by atoms with Gasteiger partial charge >= 0.3 is 0 Å². The maximum absolute atomic E-state index is 11.6. The summed E-state index contributed by atoms with van der Waals surface area (Å²) in [6.45, 7) is 0. The molecule has 12 heteroatoms. The van der Waals surface area contributed by atoms with Crippen molar-refractivity contribution in [1.82, 2.24) is 0 Å². The Kier molecular flexibility index (Phi) is 5.08. The first-order chi connectivity index (χ1) is 11.0. The molecule has 0 N–H and O–H groups in total. The second kappa shape index (κ2) is 6.42. The average Bonchev–Trinajstić information content (AvgIpc) is 2.41. The molecule has 1 aliphatic rings. The van der Waals surface area contributed by atoms with E-state index in [1.807, 2.05) is 0 Å². The summed E-state index contributed by atoms with van der Waals surface area (Å²) in [5.41, 5.74) is 0. The summed E-state index contributed by atoms with van der Waals surface area (Å²) in [6, 6.07) is 5.69. The zero-order chi connectivity index (χ0) is 17.9. The molecule has 1 aliphatic heterocycles. The summed E-state index contributed by atoms with van der Waals surface area (Å²) in [6.07, 6.45) is 0. The van der Waals surface area contributed by atoms with Crippen LogP contribution in [0.4, 0.5) is 0 Å². The molecule has 0 atom stereocenters. The molecule has 0 spiro atoms. The van der Waals surface area contributed by atoms with E-state index < -0.39 is 18.1 Å². The van der Waals surface area contributed by atoms with Gasteiger partial charge in [0.1, 0.15) is 9.79 Å². The standard InChI is InChI=1S/C12H4Cl4O4S4/c13-5-1-7-9(3-11(5)23(15,17)18)22-10-4-12(24(16,19)20)6(14)2-8(10)21-7/h1-4H. The van der Waals surface area contributed by atoms with Crippen LogP contribution in [0.2, 0.25) is 10.0 Å². The minimum Gasteiger partial charge on any atom is -0.207 e. The van der Waals surface area contributed by atoms with Gasteiger partial charge in [0.15, 0.2) is 0 Å². The van der Waals surface area contributed by atoms with Gasteiger partial charge < -0.3 is 0 Å². The summed E-state index contributed by atoms with van der Waals surface area (Å²) in [4.78, 5) is 2.16. The zero-order valence-corrected chi connectivity index (χ0v) is 17.4. The molecule has 24 heavy (non-hydrogen) atoms. The summed E-state index contributed by atoms with van der Waals surface area (Å²) in [5, 5.41) is 0.0118. The first kappa shape index (κ1) is 19.0. The van der Waals surface area contributed by atoms with E-state index in [-0.39, 0.29) is 19.8 Å². The first-order valence-corrected chi connectivity index (χ1v) is 12.9. The van der Waals surface area contributed by atoms with E-state index in [0.29, 0.717) is 19.6 Å². The molecule has 0 fully saturated rings. The predicted molar refractivity (Wildman–Crippen MR) is 97.2 cm³/mol. The van der Waals surface area contributed by atoms with E-state index in [1.165, 1.54) is 47.8 Å². The number of benzene rings is 2. The molecule has 2 aromatic carbocycles. The minimum atomic E-state index is -4.00. The molecule has 0 bridgehead atoms. The zero-order valence-electron chi connectivity index (χ0n) is 11.1. The molecule has 2 aromatic rings. The summed E-state index contributed by atoms with van der Waals surface area (Å²) >= 11 is 14.4. The van der Waals surface area contributed by atoms with Gasteiger partial charge in [-0.05, 0) is 24.3 Å². The van der Waals surface area contributed by atoms with Crippen molar-refractivity contribution in [1.29, 1.82) is 0 Å². The molecule has 4 nitrogen and oxygen atoms in total. The smallest absolute Gasteiger partial charge is 0.207 e. The van der Waals surface area contributed by atoms with Crippen molar-refractivity contribution in [2.45, 2.75) is 29.4 Å². The molecule has 0 amide bonds. The van der Waals surface area contributed by atoms with Gasteiger partial charge in [0.2, 0.25) is 0 Å². The van der Waals surface area contributed by atoms with Gasteiger partial charge in [-0.3, -0.25) is 0 Å². The fraction of sp³-hybridized carbons (Fsp3) is 0. The monoisotopic (exact) mass is 480 g/mol. The molecule has 0 aromatic heterocycles. The van der Waals surface area contributed by atoms with Gasteiger partial charge in [0, 0.05) is 40.9 Å². The predicted octanol–water partition coefficient (Wildman–Crippen LogP) is 5.46. The number of halogens is 4. The number of fused-ring (bicyclic) bond motifs is 2. The highest BCUT2D eigenvalue weighted by Crippen LogP contribution is 2.52. The lowest BCUT2D eigenvalue weighted by Gasteiger charge is -2.20. The van der Waals surface area contributed by atoms with E-state index in [2.05, 4.69) is 0 Å². The number of rotatable bonds is 2. The van der Waals surface area contributed by atoms with Gasteiger partial charge in [-0.2, -0.15) is 0 Å². The second-order valence-corrected chi connectivity index (χ2v) is 12.6. The molecule has 3 rings (SSSR count). The van der Waals surface area contributed by atoms with Crippen LogP contribution in [0.1, 0.15) is 0 Å². The van der Waals surface area contributed by atoms with Gasteiger partial charge in [-0.25, -0.2) is 16.8 Å². The van der Waals surface area contributed by atoms with Gasteiger partial charge in [-0.15, -0.1) is 0 Å². The molecule has 1 heterocycles. The number of hydrogen-bond donors (Lipinski definition) is 0.